The van der Waals surface area contributed by atoms with Gasteiger partial charge in [0.25, 0.3) is 5.91 Å². The van der Waals surface area contributed by atoms with E-state index in [1.807, 2.05) is 7.05 Å². The highest BCUT2D eigenvalue weighted by atomic mass is 35.5. The standard InChI is InChI=1S/C15H21N3O4.ClH/c1-16-9-3-4-13(19)18-12-7-5-11(6-8-12)15(21)17-10-14(20)22-2;/h5-8,16H,3-4,9-10H2,1-2H3,(H,17,21)(H,18,19);1H. The predicted octanol–water partition coefficient (Wildman–Crippen LogP) is 0.949. The van der Waals surface area contributed by atoms with E-state index in [0.717, 1.165) is 13.0 Å². The summed E-state index contributed by atoms with van der Waals surface area (Å²) in [6.45, 7) is 0.603. The number of halogens is 1. The van der Waals surface area contributed by atoms with Crippen molar-refractivity contribution in [3.63, 3.8) is 0 Å². The second-order valence-electron chi connectivity index (χ2n) is 4.59. The number of hydrogen-bond donors (Lipinski definition) is 3. The van der Waals surface area contributed by atoms with Crippen LogP contribution in [0.3, 0.4) is 0 Å². The first-order valence-corrected chi connectivity index (χ1v) is 6.96. The van der Waals surface area contributed by atoms with Crippen molar-refractivity contribution in [2.45, 2.75) is 12.8 Å². The third kappa shape index (κ3) is 8.18. The van der Waals surface area contributed by atoms with Gasteiger partial charge in [-0.3, -0.25) is 14.4 Å². The number of hydrogen-bond acceptors (Lipinski definition) is 5. The molecule has 0 saturated heterocycles. The van der Waals surface area contributed by atoms with E-state index in [9.17, 15) is 14.4 Å². The zero-order chi connectivity index (χ0) is 16.4. The maximum Gasteiger partial charge on any atom is 0.325 e. The lowest BCUT2D eigenvalue weighted by Gasteiger charge is -2.07. The molecule has 0 bridgehead atoms. The molecular weight excluding hydrogens is 322 g/mol. The van der Waals surface area contributed by atoms with Crippen molar-refractivity contribution in [3.05, 3.63) is 29.8 Å². The first-order valence-electron chi connectivity index (χ1n) is 6.96. The van der Waals surface area contributed by atoms with Gasteiger partial charge in [-0.25, -0.2) is 0 Å². The van der Waals surface area contributed by atoms with Crippen LogP contribution in [0, 0.1) is 0 Å². The molecule has 8 heteroatoms. The molecule has 0 spiro atoms. The van der Waals surface area contributed by atoms with Crippen molar-refractivity contribution < 1.29 is 19.1 Å². The molecule has 7 nitrogen and oxygen atoms in total. The predicted molar refractivity (Wildman–Crippen MR) is 89.8 cm³/mol. The number of nitrogens with one attached hydrogen (secondary N) is 3. The monoisotopic (exact) mass is 343 g/mol. The number of carbonyl (C=O) groups excluding carboxylic acids is 3. The van der Waals surface area contributed by atoms with Crippen LogP contribution in [0.4, 0.5) is 5.69 Å². The van der Waals surface area contributed by atoms with Crippen LogP contribution in [0.25, 0.3) is 0 Å². The highest BCUT2D eigenvalue weighted by Gasteiger charge is 2.08. The molecule has 0 unspecified atom stereocenters. The van der Waals surface area contributed by atoms with E-state index in [-0.39, 0.29) is 30.8 Å². The Morgan fingerprint density at radius 2 is 1.78 bits per heavy atom. The van der Waals surface area contributed by atoms with Crippen LogP contribution < -0.4 is 16.0 Å². The zero-order valence-corrected chi connectivity index (χ0v) is 14.0. The van der Waals surface area contributed by atoms with Gasteiger partial charge in [-0.15, -0.1) is 12.4 Å². The van der Waals surface area contributed by atoms with Gasteiger partial charge in [0.15, 0.2) is 0 Å². The Balaban J connectivity index is 0.00000484. The highest BCUT2D eigenvalue weighted by Crippen LogP contribution is 2.10. The van der Waals surface area contributed by atoms with Gasteiger partial charge in [-0.2, -0.15) is 0 Å². The van der Waals surface area contributed by atoms with Gasteiger partial charge in [0, 0.05) is 17.7 Å². The first kappa shape index (κ1) is 20.9. The van der Waals surface area contributed by atoms with Crippen molar-refractivity contribution in [1.82, 2.24) is 10.6 Å². The summed E-state index contributed by atoms with van der Waals surface area (Å²) in [5, 5.41) is 8.16. The van der Waals surface area contributed by atoms with Crippen LogP contribution >= 0.6 is 12.4 Å². The van der Waals surface area contributed by atoms with Crippen LogP contribution in [0.5, 0.6) is 0 Å². The largest absolute Gasteiger partial charge is 0.468 e. The van der Waals surface area contributed by atoms with Crippen LogP contribution in [0.15, 0.2) is 24.3 Å². The fourth-order valence-corrected chi connectivity index (χ4v) is 1.68. The summed E-state index contributed by atoms with van der Waals surface area (Å²) >= 11 is 0. The van der Waals surface area contributed by atoms with Crippen LogP contribution in [-0.4, -0.2) is 45.0 Å². The van der Waals surface area contributed by atoms with Gasteiger partial charge in [0.1, 0.15) is 6.54 Å². The summed E-state index contributed by atoms with van der Waals surface area (Å²) in [6, 6.07) is 6.44. The minimum Gasteiger partial charge on any atom is -0.468 e. The Bertz CT molecular complexity index is 520. The number of esters is 1. The van der Waals surface area contributed by atoms with E-state index in [1.54, 1.807) is 24.3 Å². The van der Waals surface area contributed by atoms with Gasteiger partial charge in [0.2, 0.25) is 5.91 Å². The molecule has 1 rings (SSSR count). The molecule has 23 heavy (non-hydrogen) atoms. The Morgan fingerprint density at radius 3 is 2.35 bits per heavy atom. The fraction of sp³-hybridized carbons (Fsp3) is 0.400. The van der Waals surface area contributed by atoms with E-state index in [0.29, 0.717) is 17.7 Å². The number of methoxy groups -OCH3 is 1. The van der Waals surface area contributed by atoms with Crippen LogP contribution in [-0.2, 0) is 14.3 Å². The number of benzene rings is 1. The minimum atomic E-state index is -0.515. The Labute approximate surface area is 141 Å². The molecule has 0 saturated carbocycles. The molecule has 0 aromatic heterocycles. The summed E-state index contributed by atoms with van der Waals surface area (Å²) < 4.78 is 4.43. The molecule has 3 N–H and O–H groups in total. The van der Waals surface area contributed by atoms with E-state index in [4.69, 9.17) is 0 Å². The second kappa shape index (κ2) is 11.4. The maximum absolute atomic E-state index is 11.8. The molecular formula is C15H22ClN3O4. The molecule has 0 fully saturated rings. The Morgan fingerprint density at radius 1 is 1.13 bits per heavy atom. The lowest BCUT2D eigenvalue weighted by atomic mass is 10.2. The van der Waals surface area contributed by atoms with E-state index >= 15 is 0 Å². The molecule has 128 valence electrons. The van der Waals surface area contributed by atoms with Gasteiger partial charge >= 0.3 is 5.97 Å². The maximum atomic E-state index is 11.8. The first-order chi connectivity index (χ1) is 10.6. The number of amides is 2. The van der Waals surface area contributed by atoms with Crippen molar-refractivity contribution in [2.24, 2.45) is 0 Å². The summed E-state index contributed by atoms with van der Waals surface area (Å²) in [4.78, 5) is 34.3. The Hall–Kier alpha value is -2.12. The third-order valence-electron chi connectivity index (χ3n) is 2.88. The SMILES string of the molecule is CNCCCC(=O)Nc1ccc(C(=O)NCC(=O)OC)cc1.Cl. The molecule has 1 aromatic rings. The normalized spacial score (nSPS) is 9.48. The summed E-state index contributed by atoms with van der Waals surface area (Å²) in [5.41, 5.74) is 1.02. The molecule has 1 aromatic carbocycles. The average molecular weight is 344 g/mol. The topological polar surface area (TPSA) is 96.5 Å². The summed E-state index contributed by atoms with van der Waals surface area (Å²) in [6.07, 6.45) is 1.19. The average Bonchev–Trinajstić information content (AvgIpc) is 2.53. The molecule has 2 amide bonds. The van der Waals surface area contributed by atoms with Crippen molar-refractivity contribution in [2.75, 3.05) is 32.6 Å². The summed E-state index contributed by atoms with van der Waals surface area (Å²) in [7, 11) is 3.09. The van der Waals surface area contributed by atoms with Crippen LogP contribution in [0.2, 0.25) is 0 Å². The van der Waals surface area contributed by atoms with E-state index < -0.39 is 5.97 Å². The quantitative estimate of drug-likeness (QED) is 0.482. The number of carbonyl (C=O) groups is 3. The molecule has 0 atom stereocenters. The van der Waals surface area contributed by atoms with Gasteiger partial charge in [-0.05, 0) is 44.3 Å². The molecule has 0 radical (unpaired) electrons. The van der Waals surface area contributed by atoms with Crippen molar-refractivity contribution >= 4 is 35.9 Å². The molecule has 0 aliphatic carbocycles. The second-order valence-corrected chi connectivity index (χ2v) is 4.59. The van der Waals surface area contributed by atoms with Crippen molar-refractivity contribution in [3.8, 4) is 0 Å². The van der Waals surface area contributed by atoms with E-state index in [1.165, 1.54) is 7.11 Å². The lowest BCUT2D eigenvalue weighted by molar-refractivity contribution is -0.139. The molecule has 0 heterocycles. The fourth-order valence-electron chi connectivity index (χ4n) is 1.68. The number of ether oxygens (including phenoxy) is 1. The highest BCUT2D eigenvalue weighted by molar-refractivity contribution is 5.97. The van der Waals surface area contributed by atoms with Crippen molar-refractivity contribution in [1.29, 1.82) is 0 Å². The number of rotatable bonds is 8. The zero-order valence-electron chi connectivity index (χ0n) is 13.2. The molecule has 0 aliphatic rings. The van der Waals surface area contributed by atoms with Gasteiger partial charge < -0.3 is 20.7 Å². The van der Waals surface area contributed by atoms with Gasteiger partial charge in [-0.1, -0.05) is 0 Å². The van der Waals surface area contributed by atoms with E-state index in [2.05, 4.69) is 20.7 Å². The van der Waals surface area contributed by atoms with Gasteiger partial charge in [0.05, 0.1) is 7.11 Å². The molecule has 0 aliphatic heterocycles. The smallest absolute Gasteiger partial charge is 0.325 e. The third-order valence-corrected chi connectivity index (χ3v) is 2.88. The Kier molecular flexibility index (Phi) is 10.4. The van der Waals surface area contributed by atoms with Crippen LogP contribution in [0.1, 0.15) is 23.2 Å². The lowest BCUT2D eigenvalue weighted by Crippen LogP contribution is -2.30. The number of anilines is 1. The summed E-state index contributed by atoms with van der Waals surface area (Å²) in [5.74, 6) is -0.964. The minimum absolute atomic E-state index is 0.